The van der Waals surface area contributed by atoms with Gasteiger partial charge in [-0.3, -0.25) is 0 Å². The average Bonchev–Trinajstić information content (AvgIpc) is 2.73. The second-order valence-electron chi connectivity index (χ2n) is 6.91. The standard InChI is InChI=1S/C25H30NS/c1-6-19-16-23(27-5)25(26(8-3)17-19)24-18(4)14-15-22(21(24)7-2)20-12-10-9-11-13-20/h9-17H,6-8H2,1-5H3/q+1. The van der Waals surface area contributed by atoms with Crippen LogP contribution in [0.3, 0.4) is 0 Å². The molecule has 1 nitrogen and oxygen atoms in total. The van der Waals surface area contributed by atoms with E-state index >= 15 is 0 Å². The number of rotatable bonds is 6. The van der Waals surface area contributed by atoms with Gasteiger partial charge in [0.15, 0.2) is 6.20 Å². The molecule has 0 saturated heterocycles. The van der Waals surface area contributed by atoms with Crippen molar-refractivity contribution in [3.8, 4) is 22.4 Å². The van der Waals surface area contributed by atoms with E-state index in [4.69, 9.17) is 0 Å². The van der Waals surface area contributed by atoms with Crippen LogP contribution in [-0.2, 0) is 19.4 Å². The molecule has 0 unspecified atom stereocenters. The number of aryl methyl sites for hydroxylation is 3. The maximum atomic E-state index is 2.45. The number of thioether (sulfide) groups is 1. The summed E-state index contributed by atoms with van der Waals surface area (Å²) >= 11 is 1.86. The minimum Gasteiger partial charge on any atom is -0.197 e. The highest BCUT2D eigenvalue weighted by Crippen LogP contribution is 2.38. The van der Waals surface area contributed by atoms with Gasteiger partial charge < -0.3 is 0 Å². The molecule has 1 aromatic heterocycles. The summed E-state index contributed by atoms with van der Waals surface area (Å²) in [5, 5.41) is 0. The molecule has 0 atom stereocenters. The number of pyridine rings is 1. The van der Waals surface area contributed by atoms with Gasteiger partial charge in [-0.1, -0.05) is 56.3 Å². The Morgan fingerprint density at radius 2 is 1.67 bits per heavy atom. The topological polar surface area (TPSA) is 3.88 Å². The zero-order chi connectivity index (χ0) is 19.4. The van der Waals surface area contributed by atoms with Crippen molar-refractivity contribution in [3.63, 3.8) is 0 Å². The highest BCUT2D eigenvalue weighted by Gasteiger charge is 2.24. The van der Waals surface area contributed by atoms with E-state index in [2.05, 4.69) is 93.2 Å². The Hall–Kier alpha value is -2.06. The lowest BCUT2D eigenvalue weighted by Crippen LogP contribution is -2.36. The summed E-state index contributed by atoms with van der Waals surface area (Å²) in [5.41, 5.74) is 9.64. The van der Waals surface area contributed by atoms with Crippen molar-refractivity contribution in [2.45, 2.75) is 52.0 Å². The van der Waals surface area contributed by atoms with Crippen LogP contribution in [0.15, 0.2) is 59.6 Å². The minimum absolute atomic E-state index is 0.981. The lowest BCUT2D eigenvalue weighted by atomic mass is 9.89. The van der Waals surface area contributed by atoms with Crippen molar-refractivity contribution < 1.29 is 4.57 Å². The van der Waals surface area contributed by atoms with E-state index in [1.807, 2.05) is 11.8 Å². The van der Waals surface area contributed by atoms with Gasteiger partial charge in [0, 0.05) is 5.56 Å². The number of benzene rings is 2. The molecule has 140 valence electrons. The van der Waals surface area contributed by atoms with E-state index in [0.717, 1.165) is 19.4 Å². The molecule has 0 bridgehead atoms. The van der Waals surface area contributed by atoms with E-state index in [9.17, 15) is 0 Å². The van der Waals surface area contributed by atoms with Gasteiger partial charge in [0.25, 0.3) is 0 Å². The number of nitrogens with zero attached hydrogens (tertiary/aromatic N) is 1. The lowest BCUT2D eigenvalue weighted by molar-refractivity contribution is -0.684. The molecule has 0 aliphatic carbocycles. The molecule has 3 rings (SSSR count). The monoisotopic (exact) mass is 376 g/mol. The van der Waals surface area contributed by atoms with Gasteiger partial charge in [0.1, 0.15) is 6.54 Å². The predicted molar refractivity (Wildman–Crippen MR) is 118 cm³/mol. The third-order valence-corrected chi connectivity index (χ3v) is 6.08. The van der Waals surface area contributed by atoms with Gasteiger partial charge in [-0.2, -0.15) is 4.57 Å². The first-order chi connectivity index (χ1) is 13.1. The van der Waals surface area contributed by atoms with E-state index in [0.29, 0.717) is 0 Å². The molecule has 0 N–H and O–H groups in total. The fraction of sp³-hybridized carbons (Fsp3) is 0.320. The molecule has 2 aromatic carbocycles. The van der Waals surface area contributed by atoms with Crippen molar-refractivity contribution >= 4 is 11.8 Å². The molecular weight excluding hydrogens is 346 g/mol. The van der Waals surface area contributed by atoms with Crippen molar-refractivity contribution in [3.05, 3.63) is 71.4 Å². The lowest BCUT2D eigenvalue weighted by Gasteiger charge is -2.18. The van der Waals surface area contributed by atoms with E-state index in [1.165, 1.54) is 44.0 Å². The first-order valence-corrected chi connectivity index (χ1v) is 11.2. The van der Waals surface area contributed by atoms with Crippen molar-refractivity contribution in [1.29, 1.82) is 0 Å². The third kappa shape index (κ3) is 3.82. The summed E-state index contributed by atoms with van der Waals surface area (Å²) in [7, 11) is 0. The molecule has 0 fully saturated rings. The van der Waals surface area contributed by atoms with Gasteiger partial charge in [0.2, 0.25) is 5.69 Å². The number of aromatic nitrogens is 1. The van der Waals surface area contributed by atoms with Crippen molar-refractivity contribution in [2.75, 3.05) is 6.26 Å². The van der Waals surface area contributed by atoms with Crippen LogP contribution in [0, 0.1) is 6.92 Å². The zero-order valence-corrected chi connectivity index (χ0v) is 18.0. The Morgan fingerprint density at radius 1 is 0.926 bits per heavy atom. The van der Waals surface area contributed by atoms with E-state index in [-0.39, 0.29) is 0 Å². The summed E-state index contributed by atoms with van der Waals surface area (Å²) in [6.45, 7) is 9.99. The van der Waals surface area contributed by atoms with E-state index < -0.39 is 0 Å². The highest BCUT2D eigenvalue weighted by atomic mass is 32.2. The maximum absolute atomic E-state index is 2.45. The Labute approximate surface area is 168 Å². The average molecular weight is 377 g/mol. The van der Waals surface area contributed by atoms with Crippen molar-refractivity contribution in [1.82, 2.24) is 0 Å². The summed E-state index contributed by atoms with van der Waals surface area (Å²) in [4.78, 5) is 1.37. The van der Waals surface area contributed by atoms with Gasteiger partial charge in [0.05, 0.1) is 10.5 Å². The normalized spacial score (nSPS) is 11.0. The Balaban J connectivity index is 2.35. The molecule has 0 aliphatic rings. The molecule has 0 saturated carbocycles. The number of hydrogen-bond donors (Lipinski definition) is 0. The van der Waals surface area contributed by atoms with Gasteiger partial charge >= 0.3 is 0 Å². The second-order valence-corrected chi connectivity index (χ2v) is 7.76. The summed E-state index contributed by atoms with van der Waals surface area (Å²) in [6, 6.07) is 17.7. The van der Waals surface area contributed by atoms with Crippen LogP contribution in [0.1, 0.15) is 37.5 Å². The quantitative estimate of drug-likeness (QED) is 0.351. The van der Waals surface area contributed by atoms with Crippen LogP contribution < -0.4 is 4.57 Å². The van der Waals surface area contributed by atoms with E-state index in [1.54, 1.807) is 0 Å². The van der Waals surface area contributed by atoms with Gasteiger partial charge in [-0.15, -0.1) is 11.8 Å². The number of hydrogen-bond acceptors (Lipinski definition) is 1. The fourth-order valence-electron chi connectivity index (χ4n) is 3.90. The first kappa shape index (κ1) is 19.7. The van der Waals surface area contributed by atoms with Crippen LogP contribution in [-0.4, -0.2) is 6.26 Å². The smallest absolute Gasteiger partial charge is 0.197 e. The molecule has 0 spiro atoms. The highest BCUT2D eigenvalue weighted by molar-refractivity contribution is 7.98. The van der Waals surface area contributed by atoms with Crippen LogP contribution in [0.2, 0.25) is 0 Å². The molecule has 27 heavy (non-hydrogen) atoms. The van der Waals surface area contributed by atoms with Gasteiger partial charge in [-0.05, 0) is 61.3 Å². The molecule has 0 aliphatic heterocycles. The molecule has 2 heteroatoms. The largest absolute Gasteiger partial charge is 0.226 e. The van der Waals surface area contributed by atoms with Crippen LogP contribution in [0.5, 0.6) is 0 Å². The molecular formula is C25H30NS+. The second kappa shape index (κ2) is 8.75. The molecule has 3 aromatic rings. The van der Waals surface area contributed by atoms with Crippen LogP contribution in [0.25, 0.3) is 22.4 Å². The predicted octanol–water partition coefficient (Wildman–Crippen LogP) is 6.48. The first-order valence-electron chi connectivity index (χ1n) is 9.93. The Bertz CT molecular complexity index is 904. The van der Waals surface area contributed by atoms with Crippen LogP contribution >= 0.6 is 11.8 Å². The molecule has 1 heterocycles. The summed E-state index contributed by atoms with van der Waals surface area (Å²) < 4.78 is 2.45. The summed E-state index contributed by atoms with van der Waals surface area (Å²) in [5.74, 6) is 0. The van der Waals surface area contributed by atoms with Gasteiger partial charge in [-0.25, -0.2) is 0 Å². The Kier molecular flexibility index (Phi) is 6.38. The minimum atomic E-state index is 0.981. The fourth-order valence-corrected chi connectivity index (χ4v) is 4.58. The third-order valence-electron chi connectivity index (χ3n) is 5.32. The maximum Gasteiger partial charge on any atom is 0.226 e. The molecule has 0 radical (unpaired) electrons. The summed E-state index contributed by atoms with van der Waals surface area (Å²) in [6.07, 6.45) is 6.62. The molecule has 0 amide bonds. The van der Waals surface area contributed by atoms with Crippen LogP contribution in [0.4, 0.5) is 0 Å². The Morgan fingerprint density at radius 3 is 2.26 bits per heavy atom. The SMILES string of the molecule is CCc1cc(SC)c(-c2c(C)ccc(-c3ccccc3)c2CC)[n+](CC)c1. The van der Waals surface area contributed by atoms with Crippen molar-refractivity contribution in [2.24, 2.45) is 0 Å². The zero-order valence-electron chi connectivity index (χ0n) is 17.2.